The molecule has 0 bridgehead atoms. The van der Waals surface area contributed by atoms with Gasteiger partial charge in [0.15, 0.2) is 10.8 Å². The lowest BCUT2D eigenvalue weighted by atomic mass is 10.1. The van der Waals surface area contributed by atoms with E-state index >= 15 is 0 Å². The van der Waals surface area contributed by atoms with Crippen molar-refractivity contribution in [2.24, 2.45) is 0 Å². The van der Waals surface area contributed by atoms with E-state index in [1.165, 1.54) is 29.8 Å². The molecule has 2 aromatic heterocycles. The van der Waals surface area contributed by atoms with Crippen molar-refractivity contribution < 1.29 is 19.1 Å². The van der Waals surface area contributed by atoms with Gasteiger partial charge < -0.3 is 9.47 Å². The summed E-state index contributed by atoms with van der Waals surface area (Å²) in [7, 11) is 2.84. The van der Waals surface area contributed by atoms with Gasteiger partial charge in [-0.25, -0.2) is 14.8 Å². The second-order valence-electron chi connectivity index (χ2n) is 6.44. The summed E-state index contributed by atoms with van der Waals surface area (Å²) < 4.78 is 10.3. The smallest absolute Gasteiger partial charge is 0.358 e. The number of rotatable bonds is 6. The Bertz CT molecular complexity index is 1060. The highest BCUT2D eigenvalue weighted by atomic mass is 32.1. The summed E-state index contributed by atoms with van der Waals surface area (Å²) >= 11 is 2.68. The molecular weight excluding hydrogens is 410 g/mol. The largest absolute Gasteiger partial charge is 0.496 e. The SMILES string of the molecule is COC(=O)c1nc(NC(=O)c2nc(C)sc2C(C)C)sc1-c1ccccc1OC. The molecule has 9 heteroatoms. The highest BCUT2D eigenvalue weighted by Crippen LogP contribution is 2.39. The molecule has 0 saturated heterocycles. The van der Waals surface area contributed by atoms with E-state index in [2.05, 4.69) is 15.3 Å². The number of hydrogen-bond donors (Lipinski definition) is 1. The Morgan fingerprint density at radius 3 is 2.45 bits per heavy atom. The van der Waals surface area contributed by atoms with Gasteiger partial charge in [0.1, 0.15) is 11.4 Å². The summed E-state index contributed by atoms with van der Waals surface area (Å²) in [4.78, 5) is 35.3. The fourth-order valence-electron chi connectivity index (χ4n) is 2.78. The molecule has 0 atom stereocenters. The average Bonchev–Trinajstić information content (AvgIpc) is 3.31. The Kier molecular flexibility index (Phi) is 6.29. The van der Waals surface area contributed by atoms with Crippen molar-refractivity contribution in [2.75, 3.05) is 19.5 Å². The van der Waals surface area contributed by atoms with Crippen LogP contribution in [0.4, 0.5) is 5.13 Å². The zero-order valence-electron chi connectivity index (χ0n) is 16.7. The van der Waals surface area contributed by atoms with Crippen molar-refractivity contribution in [3.63, 3.8) is 0 Å². The molecule has 0 aliphatic rings. The number of carbonyl (C=O) groups excluding carboxylic acids is 2. The number of benzene rings is 1. The van der Waals surface area contributed by atoms with Crippen LogP contribution in [0.2, 0.25) is 0 Å². The van der Waals surface area contributed by atoms with E-state index in [4.69, 9.17) is 9.47 Å². The minimum absolute atomic E-state index is 0.121. The predicted octanol–water partition coefficient (Wildman–Crippen LogP) is 4.75. The third kappa shape index (κ3) is 4.30. The van der Waals surface area contributed by atoms with Crippen LogP contribution in [-0.2, 0) is 4.74 Å². The molecule has 0 aliphatic carbocycles. The number of methoxy groups -OCH3 is 2. The van der Waals surface area contributed by atoms with Gasteiger partial charge >= 0.3 is 5.97 Å². The van der Waals surface area contributed by atoms with Crippen molar-refractivity contribution in [1.82, 2.24) is 9.97 Å². The summed E-state index contributed by atoms with van der Waals surface area (Å²) in [6.07, 6.45) is 0. The molecule has 0 aliphatic heterocycles. The number of anilines is 1. The fraction of sp³-hybridized carbons (Fsp3) is 0.300. The number of nitrogens with zero attached hydrogens (tertiary/aromatic N) is 2. The highest BCUT2D eigenvalue weighted by Gasteiger charge is 2.25. The van der Waals surface area contributed by atoms with Gasteiger partial charge in [-0.3, -0.25) is 10.1 Å². The number of para-hydroxylation sites is 1. The first-order chi connectivity index (χ1) is 13.8. The van der Waals surface area contributed by atoms with E-state index in [1.54, 1.807) is 13.2 Å². The molecule has 7 nitrogen and oxygen atoms in total. The number of aryl methyl sites for hydroxylation is 1. The molecule has 1 N–H and O–H groups in total. The van der Waals surface area contributed by atoms with Gasteiger partial charge in [0.05, 0.1) is 24.1 Å². The molecule has 3 rings (SSSR count). The number of carbonyl (C=O) groups is 2. The molecule has 1 aromatic carbocycles. The maximum absolute atomic E-state index is 12.8. The third-order valence-corrected chi connectivity index (χ3v) is 6.35. The maximum atomic E-state index is 12.8. The standard InChI is InChI=1S/C20H21N3O4S2/c1-10(2)16-14(21-11(3)28-16)18(24)23-20-22-15(19(25)27-5)17(29-20)12-8-6-7-9-13(12)26-4/h6-10H,1-5H3,(H,22,23,24). The van der Waals surface area contributed by atoms with Crippen LogP contribution in [0.3, 0.4) is 0 Å². The molecule has 0 spiro atoms. The lowest BCUT2D eigenvalue weighted by Crippen LogP contribution is -2.15. The van der Waals surface area contributed by atoms with Crippen LogP contribution in [0, 0.1) is 6.92 Å². The average molecular weight is 432 g/mol. The number of esters is 1. The van der Waals surface area contributed by atoms with Crippen molar-refractivity contribution in [2.45, 2.75) is 26.7 Å². The summed E-state index contributed by atoms with van der Waals surface area (Å²) in [6, 6.07) is 7.29. The van der Waals surface area contributed by atoms with Crippen LogP contribution < -0.4 is 10.1 Å². The van der Waals surface area contributed by atoms with Crippen LogP contribution >= 0.6 is 22.7 Å². The predicted molar refractivity (Wildman–Crippen MR) is 114 cm³/mol. The molecule has 0 unspecified atom stereocenters. The zero-order chi connectivity index (χ0) is 21.1. The van der Waals surface area contributed by atoms with Crippen LogP contribution in [-0.4, -0.2) is 36.1 Å². The number of nitrogens with one attached hydrogen (secondary N) is 1. The number of ether oxygens (including phenoxy) is 2. The first-order valence-corrected chi connectivity index (χ1v) is 10.5. The van der Waals surface area contributed by atoms with E-state index in [9.17, 15) is 9.59 Å². The van der Waals surface area contributed by atoms with Crippen LogP contribution in [0.5, 0.6) is 5.75 Å². The van der Waals surface area contributed by atoms with Gasteiger partial charge in [-0.05, 0) is 25.0 Å². The third-order valence-electron chi connectivity index (χ3n) is 4.08. The molecule has 1 amide bonds. The van der Waals surface area contributed by atoms with Crippen molar-refractivity contribution in [3.05, 3.63) is 45.5 Å². The second-order valence-corrected chi connectivity index (χ2v) is 8.68. The number of hydrogen-bond acceptors (Lipinski definition) is 8. The van der Waals surface area contributed by atoms with Crippen LogP contribution in [0.15, 0.2) is 24.3 Å². The van der Waals surface area contributed by atoms with Gasteiger partial charge in [0.25, 0.3) is 5.91 Å². The Labute approximate surface area is 176 Å². The molecule has 0 radical (unpaired) electrons. The topological polar surface area (TPSA) is 90.4 Å². The fourth-order valence-corrected chi connectivity index (χ4v) is 4.68. The molecule has 29 heavy (non-hydrogen) atoms. The highest BCUT2D eigenvalue weighted by molar-refractivity contribution is 7.19. The quantitative estimate of drug-likeness (QED) is 0.567. The molecular formula is C20H21N3O4S2. The van der Waals surface area contributed by atoms with Gasteiger partial charge in [0.2, 0.25) is 0 Å². The van der Waals surface area contributed by atoms with E-state index in [0.29, 0.717) is 21.9 Å². The van der Waals surface area contributed by atoms with Crippen molar-refractivity contribution >= 4 is 39.7 Å². The summed E-state index contributed by atoms with van der Waals surface area (Å²) in [5, 5.41) is 3.89. The lowest BCUT2D eigenvalue weighted by molar-refractivity contribution is 0.0595. The summed E-state index contributed by atoms with van der Waals surface area (Å²) in [5.41, 5.74) is 1.20. The first-order valence-electron chi connectivity index (χ1n) is 8.86. The Morgan fingerprint density at radius 2 is 1.79 bits per heavy atom. The summed E-state index contributed by atoms with van der Waals surface area (Å²) in [6.45, 7) is 5.90. The van der Waals surface area contributed by atoms with Gasteiger partial charge in [0, 0.05) is 10.4 Å². The Hall–Kier alpha value is -2.78. The van der Waals surface area contributed by atoms with E-state index in [0.717, 1.165) is 9.88 Å². The lowest BCUT2D eigenvalue weighted by Gasteiger charge is -2.07. The van der Waals surface area contributed by atoms with Crippen LogP contribution in [0.25, 0.3) is 10.4 Å². The van der Waals surface area contributed by atoms with Crippen molar-refractivity contribution in [1.29, 1.82) is 0 Å². The van der Waals surface area contributed by atoms with E-state index in [-0.39, 0.29) is 22.7 Å². The van der Waals surface area contributed by atoms with E-state index < -0.39 is 5.97 Å². The van der Waals surface area contributed by atoms with E-state index in [1.807, 2.05) is 39.0 Å². The molecule has 0 saturated carbocycles. The number of thiazole rings is 2. The Balaban J connectivity index is 2.00. The minimum Gasteiger partial charge on any atom is -0.496 e. The van der Waals surface area contributed by atoms with Crippen molar-refractivity contribution in [3.8, 4) is 16.2 Å². The molecule has 152 valence electrons. The summed E-state index contributed by atoms with van der Waals surface area (Å²) in [5.74, 6) is -0.172. The second kappa shape index (κ2) is 8.71. The van der Waals surface area contributed by atoms with Gasteiger partial charge in [-0.2, -0.15) is 0 Å². The Morgan fingerprint density at radius 1 is 1.07 bits per heavy atom. The maximum Gasteiger partial charge on any atom is 0.358 e. The minimum atomic E-state index is -0.588. The molecule has 3 aromatic rings. The monoisotopic (exact) mass is 431 g/mol. The number of aromatic nitrogens is 2. The normalized spacial score (nSPS) is 10.8. The molecule has 2 heterocycles. The first kappa shape index (κ1) is 20.9. The van der Waals surface area contributed by atoms with Gasteiger partial charge in [-0.1, -0.05) is 37.3 Å². The van der Waals surface area contributed by atoms with Crippen LogP contribution in [0.1, 0.15) is 50.6 Å². The zero-order valence-corrected chi connectivity index (χ0v) is 18.4. The number of amides is 1. The van der Waals surface area contributed by atoms with Gasteiger partial charge in [-0.15, -0.1) is 11.3 Å². The molecule has 0 fully saturated rings.